The summed E-state index contributed by atoms with van der Waals surface area (Å²) in [7, 11) is 0. The van der Waals surface area contributed by atoms with Gasteiger partial charge in [-0.1, -0.05) is 73.2 Å². The number of alkyl halides is 1. The molecule has 0 nitrogen and oxygen atoms in total. The average Bonchev–Trinajstić information content (AvgIpc) is 3.33. The van der Waals surface area contributed by atoms with Crippen LogP contribution in [-0.2, 0) is 11.8 Å². The fourth-order valence-corrected chi connectivity index (χ4v) is 4.75. The van der Waals surface area contributed by atoms with Crippen LogP contribution in [0, 0.1) is 5.92 Å². The van der Waals surface area contributed by atoms with E-state index < -0.39 is 0 Å². The lowest BCUT2D eigenvalue weighted by molar-refractivity contribution is 0.394. The van der Waals surface area contributed by atoms with Crippen LogP contribution in [-0.4, -0.2) is 4.43 Å². The SMILES string of the molecule is C=C(CI)CC1(c2cccc3c2CCCC3[C@H](C)CC)CC1. The van der Waals surface area contributed by atoms with Crippen LogP contribution < -0.4 is 0 Å². The molecule has 2 aliphatic rings. The summed E-state index contributed by atoms with van der Waals surface area (Å²) in [5.41, 5.74) is 6.96. The molecule has 0 heterocycles. The molecule has 2 atom stereocenters. The van der Waals surface area contributed by atoms with Gasteiger partial charge in [0.25, 0.3) is 0 Å². The molecule has 1 heteroatoms. The van der Waals surface area contributed by atoms with Crippen molar-refractivity contribution in [3.8, 4) is 0 Å². The van der Waals surface area contributed by atoms with E-state index in [4.69, 9.17) is 0 Å². The van der Waals surface area contributed by atoms with Gasteiger partial charge in [-0.15, -0.1) is 0 Å². The van der Waals surface area contributed by atoms with Crippen molar-refractivity contribution in [1.29, 1.82) is 0 Å². The third-order valence-corrected chi connectivity index (χ3v) is 7.17. The number of fused-ring (bicyclic) bond motifs is 1. The van der Waals surface area contributed by atoms with Crippen molar-refractivity contribution in [3.05, 3.63) is 47.0 Å². The van der Waals surface area contributed by atoms with Gasteiger partial charge < -0.3 is 0 Å². The normalized spacial score (nSPS) is 23.7. The van der Waals surface area contributed by atoms with Crippen LogP contribution in [0.5, 0.6) is 0 Å². The van der Waals surface area contributed by atoms with Crippen molar-refractivity contribution in [3.63, 3.8) is 0 Å². The molecule has 1 aromatic rings. The Kier molecular flexibility index (Phi) is 5.01. The van der Waals surface area contributed by atoms with Crippen molar-refractivity contribution >= 4 is 22.6 Å². The van der Waals surface area contributed by atoms with Crippen molar-refractivity contribution < 1.29 is 0 Å². The molecule has 2 aliphatic carbocycles. The van der Waals surface area contributed by atoms with E-state index in [1.165, 1.54) is 50.5 Å². The maximum Gasteiger partial charge on any atom is 0.0203 e. The molecule has 120 valence electrons. The van der Waals surface area contributed by atoms with Crippen molar-refractivity contribution in [2.24, 2.45) is 5.92 Å². The maximum atomic E-state index is 4.28. The van der Waals surface area contributed by atoms with Gasteiger partial charge >= 0.3 is 0 Å². The van der Waals surface area contributed by atoms with Crippen LogP contribution in [0.3, 0.4) is 0 Å². The van der Waals surface area contributed by atoms with E-state index in [1.54, 1.807) is 16.7 Å². The molecule has 0 bridgehead atoms. The van der Waals surface area contributed by atoms with Crippen LogP contribution >= 0.6 is 22.6 Å². The minimum Gasteiger partial charge on any atom is -0.0991 e. The number of rotatable bonds is 6. The Morgan fingerprint density at radius 1 is 1.41 bits per heavy atom. The second-order valence-corrected chi connectivity index (χ2v) is 8.36. The number of hydrogen-bond donors (Lipinski definition) is 0. The Hall–Kier alpha value is -0.310. The van der Waals surface area contributed by atoms with Crippen molar-refractivity contribution in [1.82, 2.24) is 0 Å². The summed E-state index contributed by atoms with van der Waals surface area (Å²) in [5, 5.41) is 0. The van der Waals surface area contributed by atoms with Crippen LogP contribution in [0.25, 0.3) is 0 Å². The lowest BCUT2D eigenvalue weighted by Gasteiger charge is -2.33. The summed E-state index contributed by atoms with van der Waals surface area (Å²) in [6.07, 6.45) is 9.31. The highest BCUT2D eigenvalue weighted by atomic mass is 127. The first-order valence-electron chi connectivity index (χ1n) is 8.96. The lowest BCUT2D eigenvalue weighted by atomic mass is 9.72. The summed E-state index contributed by atoms with van der Waals surface area (Å²) in [4.78, 5) is 0. The molecule has 1 unspecified atom stereocenters. The van der Waals surface area contributed by atoms with Gasteiger partial charge in [0.05, 0.1) is 0 Å². The first kappa shape index (κ1) is 16.5. The summed E-state index contributed by atoms with van der Waals surface area (Å²) in [5.74, 6) is 1.60. The molecule has 3 rings (SSSR count). The van der Waals surface area contributed by atoms with Gasteiger partial charge in [-0.3, -0.25) is 0 Å². The Morgan fingerprint density at radius 3 is 2.82 bits per heavy atom. The third-order valence-electron chi connectivity index (χ3n) is 6.09. The fraction of sp³-hybridized carbons (Fsp3) is 0.619. The van der Waals surface area contributed by atoms with Gasteiger partial charge in [-0.25, -0.2) is 0 Å². The molecule has 0 radical (unpaired) electrons. The molecular formula is C21H29I. The molecule has 0 N–H and O–H groups in total. The Bertz CT molecular complexity index is 553. The van der Waals surface area contributed by atoms with E-state index in [9.17, 15) is 0 Å². The van der Waals surface area contributed by atoms with Gasteiger partial charge in [-0.2, -0.15) is 0 Å². The number of benzene rings is 1. The van der Waals surface area contributed by atoms with Crippen LogP contribution in [0.1, 0.15) is 75.0 Å². The van der Waals surface area contributed by atoms with Gasteiger partial charge in [0.1, 0.15) is 0 Å². The van der Waals surface area contributed by atoms with Crippen LogP contribution in [0.15, 0.2) is 30.4 Å². The number of halogens is 1. The van der Waals surface area contributed by atoms with E-state index in [-0.39, 0.29) is 0 Å². The molecule has 0 aromatic heterocycles. The van der Waals surface area contributed by atoms with Crippen molar-refractivity contribution in [2.45, 2.75) is 70.1 Å². The van der Waals surface area contributed by atoms with E-state index in [1.807, 2.05) is 0 Å². The first-order chi connectivity index (χ1) is 10.6. The zero-order chi connectivity index (χ0) is 15.7. The number of hydrogen-bond acceptors (Lipinski definition) is 0. The second kappa shape index (κ2) is 6.67. The van der Waals surface area contributed by atoms with Crippen LogP contribution in [0.4, 0.5) is 0 Å². The largest absolute Gasteiger partial charge is 0.0991 e. The molecule has 1 saturated carbocycles. The predicted molar refractivity (Wildman–Crippen MR) is 105 cm³/mol. The zero-order valence-corrected chi connectivity index (χ0v) is 16.3. The molecule has 0 aliphatic heterocycles. The minimum absolute atomic E-state index is 0.449. The smallest absolute Gasteiger partial charge is 0.0203 e. The van der Waals surface area contributed by atoms with Gasteiger partial charge in [0, 0.05) is 4.43 Å². The molecule has 0 saturated heterocycles. The highest BCUT2D eigenvalue weighted by Crippen LogP contribution is 2.55. The van der Waals surface area contributed by atoms with E-state index >= 15 is 0 Å². The Balaban J connectivity index is 1.96. The maximum absolute atomic E-state index is 4.28. The topological polar surface area (TPSA) is 0 Å². The highest BCUT2D eigenvalue weighted by molar-refractivity contribution is 14.1. The van der Waals surface area contributed by atoms with E-state index in [0.717, 1.165) is 16.3 Å². The summed E-state index contributed by atoms with van der Waals surface area (Å²) in [6.45, 7) is 9.07. The third kappa shape index (κ3) is 3.02. The molecule has 1 fully saturated rings. The molecule has 0 amide bonds. The average molecular weight is 408 g/mol. The van der Waals surface area contributed by atoms with Gasteiger partial charge in [-0.05, 0) is 72.5 Å². The first-order valence-corrected chi connectivity index (χ1v) is 10.5. The minimum atomic E-state index is 0.449. The summed E-state index contributed by atoms with van der Waals surface area (Å²) < 4.78 is 1.10. The second-order valence-electron chi connectivity index (χ2n) is 7.60. The standard InChI is InChI=1S/C21H29I/c1-4-16(3)17-7-5-9-19-18(17)8-6-10-20(19)21(11-12-21)13-15(2)14-22/h6,8,10,16-17H,2,4-5,7,9,11-14H2,1,3H3/t16-,17?/m1/s1. The molecular weight excluding hydrogens is 379 g/mol. The number of allylic oxidation sites excluding steroid dienone is 1. The lowest BCUT2D eigenvalue weighted by Crippen LogP contribution is -2.20. The highest BCUT2D eigenvalue weighted by Gasteiger charge is 2.46. The monoisotopic (exact) mass is 408 g/mol. The molecule has 22 heavy (non-hydrogen) atoms. The van der Waals surface area contributed by atoms with E-state index in [0.29, 0.717) is 5.41 Å². The molecule has 0 spiro atoms. The van der Waals surface area contributed by atoms with E-state index in [2.05, 4.69) is 61.2 Å². The molecule has 1 aromatic carbocycles. The van der Waals surface area contributed by atoms with Crippen molar-refractivity contribution in [2.75, 3.05) is 4.43 Å². The fourth-order valence-electron chi connectivity index (χ4n) is 4.48. The van der Waals surface area contributed by atoms with Gasteiger partial charge in [0.2, 0.25) is 0 Å². The van der Waals surface area contributed by atoms with Gasteiger partial charge in [0.15, 0.2) is 0 Å². The summed E-state index contributed by atoms with van der Waals surface area (Å²) in [6, 6.07) is 7.20. The Morgan fingerprint density at radius 2 is 2.18 bits per heavy atom. The van der Waals surface area contributed by atoms with Crippen LogP contribution in [0.2, 0.25) is 0 Å². The Labute approximate surface area is 149 Å². The quantitative estimate of drug-likeness (QED) is 0.284. The predicted octanol–water partition coefficient (Wildman–Crippen LogP) is 6.57. The summed E-state index contributed by atoms with van der Waals surface area (Å²) >= 11 is 2.46. The zero-order valence-electron chi connectivity index (χ0n) is 14.1.